The normalized spacial score (nSPS) is 17.1. The Balaban J connectivity index is 1.61. The molecule has 1 aliphatic heterocycles. The quantitative estimate of drug-likeness (QED) is 0.808. The van der Waals surface area contributed by atoms with E-state index in [0.717, 1.165) is 25.4 Å². The maximum atomic E-state index is 10.8. The Labute approximate surface area is 122 Å². The van der Waals surface area contributed by atoms with Crippen molar-refractivity contribution in [3.63, 3.8) is 0 Å². The monoisotopic (exact) mass is 274 g/mol. The van der Waals surface area contributed by atoms with Gasteiger partial charge in [-0.2, -0.15) is 0 Å². The molecule has 110 valence electrons. The summed E-state index contributed by atoms with van der Waals surface area (Å²) in [7, 11) is 0. The maximum Gasteiger partial charge on any atom is 0.216 e. The molecule has 1 saturated heterocycles. The first-order valence-electron chi connectivity index (χ1n) is 7.75. The van der Waals surface area contributed by atoms with E-state index < -0.39 is 0 Å². The predicted octanol–water partition coefficient (Wildman–Crippen LogP) is 2.47. The van der Waals surface area contributed by atoms with Gasteiger partial charge in [-0.15, -0.1) is 0 Å². The van der Waals surface area contributed by atoms with Gasteiger partial charge >= 0.3 is 0 Å². The molecule has 1 fully saturated rings. The third-order valence-electron chi connectivity index (χ3n) is 4.10. The number of hydrogen-bond acceptors (Lipinski definition) is 2. The molecule has 1 amide bonds. The van der Waals surface area contributed by atoms with Gasteiger partial charge in [0, 0.05) is 13.5 Å². The van der Waals surface area contributed by atoms with E-state index in [-0.39, 0.29) is 5.91 Å². The van der Waals surface area contributed by atoms with Crippen LogP contribution in [0.15, 0.2) is 30.3 Å². The van der Waals surface area contributed by atoms with Crippen molar-refractivity contribution in [2.45, 2.75) is 32.6 Å². The van der Waals surface area contributed by atoms with Gasteiger partial charge in [-0.1, -0.05) is 30.3 Å². The van der Waals surface area contributed by atoms with Crippen molar-refractivity contribution in [3.05, 3.63) is 35.9 Å². The molecule has 1 aliphatic rings. The molecule has 0 radical (unpaired) electrons. The van der Waals surface area contributed by atoms with Gasteiger partial charge in [0.2, 0.25) is 5.91 Å². The Morgan fingerprint density at radius 1 is 1.25 bits per heavy atom. The van der Waals surface area contributed by atoms with E-state index in [2.05, 4.69) is 40.5 Å². The third-order valence-corrected chi connectivity index (χ3v) is 4.10. The van der Waals surface area contributed by atoms with Gasteiger partial charge in [0.15, 0.2) is 0 Å². The fourth-order valence-electron chi connectivity index (χ4n) is 2.93. The van der Waals surface area contributed by atoms with Crippen LogP contribution in [0.5, 0.6) is 0 Å². The van der Waals surface area contributed by atoms with Crippen molar-refractivity contribution < 1.29 is 4.79 Å². The second kappa shape index (κ2) is 8.05. The molecule has 0 unspecified atom stereocenters. The smallest absolute Gasteiger partial charge is 0.216 e. The summed E-state index contributed by atoms with van der Waals surface area (Å²) >= 11 is 0. The van der Waals surface area contributed by atoms with Crippen LogP contribution in [0.1, 0.15) is 31.7 Å². The van der Waals surface area contributed by atoms with Crippen molar-refractivity contribution in [2.24, 2.45) is 5.92 Å². The van der Waals surface area contributed by atoms with Gasteiger partial charge in [-0.3, -0.25) is 4.79 Å². The number of nitrogens with one attached hydrogen (secondary N) is 1. The van der Waals surface area contributed by atoms with Gasteiger partial charge < -0.3 is 10.2 Å². The standard InChI is InChI=1S/C17H26N2O/c1-15(20)18-10-5-11-19-12-8-17(9-13-19)14-16-6-3-2-4-7-16/h2-4,6-7,17H,5,8-14H2,1H3,(H,18,20). The van der Waals surface area contributed by atoms with Gasteiger partial charge in [0.25, 0.3) is 0 Å². The first kappa shape index (κ1) is 15.0. The fraction of sp³-hybridized carbons (Fsp3) is 0.588. The van der Waals surface area contributed by atoms with E-state index in [1.807, 2.05) is 0 Å². The van der Waals surface area contributed by atoms with Crippen LogP contribution in [-0.2, 0) is 11.2 Å². The number of amides is 1. The third kappa shape index (κ3) is 5.33. The van der Waals surface area contributed by atoms with Crippen LogP contribution < -0.4 is 5.32 Å². The summed E-state index contributed by atoms with van der Waals surface area (Å²) in [5, 5.41) is 2.86. The van der Waals surface area contributed by atoms with Gasteiger partial charge in [-0.25, -0.2) is 0 Å². The Hall–Kier alpha value is -1.35. The molecule has 3 nitrogen and oxygen atoms in total. The molecule has 1 N–H and O–H groups in total. The van der Waals surface area contributed by atoms with Gasteiger partial charge in [0.1, 0.15) is 0 Å². The lowest BCUT2D eigenvalue weighted by Crippen LogP contribution is -2.36. The zero-order valence-corrected chi connectivity index (χ0v) is 12.5. The summed E-state index contributed by atoms with van der Waals surface area (Å²) < 4.78 is 0. The SMILES string of the molecule is CC(=O)NCCCN1CCC(Cc2ccccc2)CC1. The summed E-state index contributed by atoms with van der Waals surface area (Å²) in [5.74, 6) is 0.913. The Kier molecular flexibility index (Phi) is 6.06. The molecule has 20 heavy (non-hydrogen) atoms. The molecule has 0 aliphatic carbocycles. The molecule has 0 atom stereocenters. The topological polar surface area (TPSA) is 32.3 Å². The van der Waals surface area contributed by atoms with Gasteiger partial charge in [0.05, 0.1) is 0 Å². The number of hydrogen-bond donors (Lipinski definition) is 1. The highest BCUT2D eigenvalue weighted by atomic mass is 16.1. The van der Waals surface area contributed by atoms with Crippen LogP contribution in [0.3, 0.4) is 0 Å². The van der Waals surface area contributed by atoms with Crippen LogP contribution >= 0.6 is 0 Å². The Morgan fingerprint density at radius 2 is 1.95 bits per heavy atom. The number of piperidine rings is 1. The average Bonchev–Trinajstić information content (AvgIpc) is 2.46. The molecule has 0 bridgehead atoms. The summed E-state index contributed by atoms with van der Waals surface area (Å²) in [6.07, 6.45) is 4.88. The molecular weight excluding hydrogens is 248 g/mol. The number of likely N-dealkylation sites (tertiary alicyclic amines) is 1. The summed E-state index contributed by atoms with van der Waals surface area (Å²) in [4.78, 5) is 13.3. The molecule has 0 spiro atoms. The molecule has 0 aromatic heterocycles. The average molecular weight is 274 g/mol. The second-order valence-electron chi connectivity index (χ2n) is 5.81. The number of carbonyl (C=O) groups is 1. The minimum atomic E-state index is 0.0755. The van der Waals surface area contributed by atoms with E-state index in [1.165, 1.54) is 37.9 Å². The lowest BCUT2D eigenvalue weighted by atomic mass is 9.90. The zero-order chi connectivity index (χ0) is 14.2. The zero-order valence-electron chi connectivity index (χ0n) is 12.5. The molecule has 1 aromatic carbocycles. The fourth-order valence-corrected chi connectivity index (χ4v) is 2.93. The lowest BCUT2D eigenvalue weighted by molar-refractivity contribution is -0.118. The second-order valence-corrected chi connectivity index (χ2v) is 5.81. The first-order valence-corrected chi connectivity index (χ1v) is 7.75. The molecule has 2 rings (SSSR count). The van der Waals surface area contributed by atoms with Crippen molar-refractivity contribution in [3.8, 4) is 0 Å². The van der Waals surface area contributed by atoms with E-state index in [1.54, 1.807) is 6.92 Å². The van der Waals surface area contributed by atoms with Gasteiger partial charge in [-0.05, 0) is 56.8 Å². The summed E-state index contributed by atoms with van der Waals surface area (Å²) in [6.45, 7) is 5.90. The molecule has 1 heterocycles. The molecule has 0 saturated carbocycles. The highest BCUT2D eigenvalue weighted by Gasteiger charge is 2.18. The number of rotatable bonds is 6. The summed E-state index contributed by atoms with van der Waals surface area (Å²) in [5.41, 5.74) is 1.47. The van der Waals surface area contributed by atoms with Crippen molar-refractivity contribution in [1.29, 1.82) is 0 Å². The Bertz CT molecular complexity index is 397. The Morgan fingerprint density at radius 3 is 2.60 bits per heavy atom. The highest BCUT2D eigenvalue weighted by molar-refractivity contribution is 5.72. The number of carbonyl (C=O) groups excluding carboxylic acids is 1. The van der Waals surface area contributed by atoms with Crippen molar-refractivity contribution >= 4 is 5.91 Å². The number of benzene rings is 1. The van der Waals surface area contributed by atoms with E-state index >= 15 is 0 Å². The molecule has 3 heteroatoms. The van der Waals surface area contributed by atoms with E-state index in [4.69, 9.17) is 0 Å². The lowest BCUT2D eigenvalue weighted by Gasteiger charge is -2.32. The largest absolute Gasteiger partial charge is 0.356 e. The minimum Gasteiger partial charge on any atom is -0.356 e. The molecule has 1 aromatic rings. The van der Waals surface area contributed by atoms with Crippen LogP contribution in [0.25, 0.3) is 0 Å². The molecular formula is C17H26N2O. The van der Waals surface area contributed by atoms with Crippen molar-refractivity contribution in [2.75, 3.05) is 26.2 Å². The van der Waals surface area contributed by atoms with Crippen molar-refractivity contribution in [1.82, 2.24) is 10.2 Å². The maximum absolute atomic E-state index is 10.8. The van der Waals surface area contributed by atoms with Crippen LogP contribution in [0, 0.1) is 5.92 Å². The van der Waals surface area contributed by atoms with Crippen LogP contribution in [0.4, 0.5) is 0 Å². The first-order chi connectivity index (χ1) is 9.74. The van der Waals surface area contributed by atoms with Crippen LogP contribution in [-0.4, -0.2) is 37.0 Å². The predicted molar refractivity (Wildman–Crippen MR) is 82.6 cm³/mol. The van der Waals surface area contributed by atoms with Crippen LogP contribution in [0.2, 0.25) is 0 Å². The summed E-state index contributed by atoms with van der Waals surface area (Å²) in [6, 6.07) is 10.8. The number of nitrogens with zero attached hydrogens (tertiary/aromatic N) is 1. The minimum absolute atomic E-state index is 0.0755. The van der Waals surface area contributed by atoms with E-state index in [0.29, 0.717) is 0 Å². The van der Waals surface area contributed by atoms with E-state index in [9.17, 15) is 4.79 Å². The highest BCUT2D eigenvalue weighted by Crippen LogP contribution is 2.21.